The molecule has 1 atom stereocenters. The highest BCUT2D eigenvalue weighted by molar-refractivity contribution is 9.10. The molecule has 5 nitrogen and oxygen atoms in total. The molecule has 1 fully saturated rings. The van der Waals surface area contributed by atoms with E-state index in [2.05, 4.69) is 31.4 Å². The first-order chi connectivity index (χ1) is 10.3. The summed E-state index contributed by atoms with van der Waals surface area (Å²) in [7, 11) is 0. The molecule has 21 heavy (non-hydrogen) atoms. The van der Waals surface area contributed by atoms with Crippen LogP contribution in [-0.4, -0.2) is 35.4 Å². The highest BCUT2D eigenvalue weighted by atomic mass is 79.9. The number of hydrogen-bond donors (Lipinski definition) is 2. The quantitative estimate of drug-likeness (QED) is 0.891. The van der Waals surface area contributed by atoms with Crippen molar-refractivity contribution in [1.82, 2.24) is 15.5 Å². The van der Waals surface area contributed by atoms with Gasteiger partial charge in [0.05, 0.1) is 10.6 Å². The van der Waals surface area contributed by atoms with E-state index in [0.29, 0.717) is 16.7 Å². The average Bonchev–Trinajstić information content (AvgIpc) is 3.15. The summed E-state index contributed by atoms with van der Waals surface area (Å²) in [6, 6.07) is 9.73. The predicted molar refractivity (Wildman–Crippen MR) is 83.0 cm³/mol. The van der Waals surface area contributed by atoms with Crippen LogP contribution in [0.15, 0.2) is 34.8 Å². The van der Waals surface area contributed by atoms with E-state index >= 15 is 0 Å². The molecule has 1 unspecified atom stereocenters. The molecule has 1 amide bonds. The van der Waals surface area contributed by atoms with Crippen LogP contribution in [0.1, 0.15) is 23.3 Å². The van der Waals surface area contributed by atoms with Crippen molar-refractivity contribution in [2.24, 2.45) is 0 Å². The van der Waals surface area contributed by atoms with Crippen molar-refractivity contribution in [2.75, 3.05) is 13.2 Å². The highest BCUT2D eigenvalue weighted by Gasteiger charge is 2.20. The van der Waals surface area contributed by atoms with E-state index in [0.717, 1.165) is 30.7 Å². The molecule has 1 aliphatic rings. The van der Waals surface area contributed by atoms with Crippen molar-refractivity contribution < 1.29 is 9.53 Å². The first-order valence-electron chi connectivity index (χ1n) is 6.95. The predicted octanol–water partition coefficient (Wildman–Crippen LogP) is 2.75. The number of nitrogens with one attached hydrogen (secondary N) is 2. The van der Waals surface area contributed by atoms with Gasteiger partial charge in [-0.1, -0.05) is 30.3 Å². The molecule has 2 heterocycles. The number of rotatable bonds is 4. The lowest BCUT2D eigenvalue weighted by Gasteiger charge is -2.10. The fourth-order valence-corrected chi connectivity index (χ4v) is 2.95. The molecule has 1 aromatic heterocycles. The smallest absolute Gasteiger partial charge is 0.270 e. The van der Waals surface area contributed by atoms with Crippen molar-refractivity contribution in [3.05, 3.63) is 40.5 Å². The Bertz CT molecular complexity index is 621. The van der Waals surface area contributed by atoms with Crippen LogP contribution in [0.2, 0.25) is 0 Å². The summed E-state index contributed by atoms with van der Waals surface area (Å²) in [5, 5.41) is 9.90. The normalized spacial score (nSPS) is 17.9. The van der Waals surface area contributed by atoms with Gasteiger partial charge in [-0.05, 0) is 28.8 Å². The third kappa shape index (κ3) is 3.16. The minimum atomic E-state index is -0.174. The SMILES string of the molecule is O=C(NCC1CCCO1)c1[nH]nc(-c2ccccc2)c1Br. The van der Waals surface area contributed by atoms with E-state index in [1.54, 1.807) is 0 Å². The molecule has 2 N–H and O–H groups in total. The third-order valence-corrected chi connectivity index (χ3v) is 4.27. The van der Waals surface area contributed by atoms with E-state index in [4.69, 9.17) is 4.74 Å². The van der Waals surface area contributed by atoms with Crippen molar-refractivity contribution >= 4 is 21.8 Å². The van der Waals surface area contributed by atoms with Gasteiger partial charge in [0.1, 0.15) is 11.4 Å². The van der Waals surface area contributed by atoms with Gasteiger partial charge in [0, 0.05) is 18.7 Å². The van der Waals surface area contributed by atoms with Crippen LogP contribution in [0.5, 0.6) is 0 Å². The number of nitrogens with zero attached hydrogens (tertiary/aromatic N) is 1. The number of aromatic amines is 1. The van der Waals surface area contributed by atoms with Crippen LogP contribution in [0.3, 0.4) is 0 Å². The number of halogens is 1. The maximum Gasteiger partial charge on any atom is 0.270 e. The molecule has 1 aromatic carbocycles. The number of amides is 1. The maximum atomic E-state index is 12.2. The van der Waals surface area contributed by atoms with Crippen molar-refractivity contribution in [1.29, 1.82) is 0 Å². The molecular weight excluding hydrogens is 334 g/mol. The summed E-state index contributed by atoms with van der Waals surface area (Å²) < 4.78 is 6.17. The Morgan fingerprint density at radius 2 is 2.24 bits per heavy atom. The summed E-state index contributed by atoms with van der Waals surface area (Å²) in [5.41, 5.74) is 2.13. The number of hydrogen-bond acceptors (Lipinski definition) is 3. The summed E-state index contributed by atoms with van der Waals surface area (Å²) >= 11 is 3.46. The topological polar surface area (TPSA) is 67.0 Å². The summed E-state index contributed by atoms with van der Waals surface area (Å²) in [6.45, 7) is 1.32. The molecule has 0 radical (unpaired) electrons. The minimum Gasteiger partial charge on any atom is -0.376 e. The van der Waals surface area contributed by atoms with Gasteiger partial charge in [0.2, 0.25) is 0 Å². The molecule has 0 aliphatic carbocycles. The van der Waals surface area contributed by atoms with Gasteiger partial charge in [0.25, 0.3) is 5.91 Å². The molecule has 110 valence electrons. The second-order valence-electron chi connectivity index (χ2n) is 4.97. The van der Waals surface area contributed by atoms with Crippen molar-refractivity contribution in [3.63, 3.8) is 0 Å². The van der Waals surface area contributed by atoms with E-state index in [9.17, 15) is 4.79 Å². The first kappa shape index (κ1) is 14.3. The molecular formula is C15H16BrN3O2. The van der Waals surface area contributed by atoms with Gasteiger partial charge in [0.15, 0.2) is 0 Å². The second kappa shape index (κ2) is 6.41. The minimum absolute atomic E-state index is 0.129. The fraction of sp³-hybridized carbons (Fsp3) is 0.333. The van der Waals surface area contributed by atoms with Gasteiger partial charge in [-0.15, -0.1) is 0 Å². The van der Waals surface area contributed by atoms with Crippen LogP contribution >= 0.6 is 15.9 Å². The summed E-state index contributed by atoms with van der Waals surface area (Å²) in [5.74, 6) is -0.174. The van der Waals surface area contributed by atoms with Crippen molar-refractivity contribution in [2.45, 2.75) is 18.9 Å². The number of H-pyrrole nitrogens is 1. The Hall–Kier alpha value is -1.66. The van der Waals surface area contributed by atoms with Gasteiger partial charge in [-0.25, -0.2) is 0 Å². The van der Waals surface area contributed by atoms with Gasteiger partial charge in [-0.3, -0.25) is 9.89 Å². The standard InChI is InChI=1S/C15H16BrN3O2/c16-12-13(10-5-2-1-3-6-10)18-19-14(12)15(20)17-9-11-7-4-8-21-11/h1-3,5-6,11H,4,7-9H2,(H,17,20)(H,18,19). The lowest BCUT2D eigenvalue weighted by Crippen LogP contribution is -2.32. The first-order valence-corrected chi connectivity index (χ1v) is 7.74. The Balaban J connectivity index is 1.71. The van der Waals surface area contributed by atoms with Crippen LogP contribution < -0.4 is 5.32 Å². The molecule has 2 aromatic rings. The number of benzene rings is 1. The molecule has 1 aliphatic heterocycles. The molecule has 3 rings (SSSR count). The van der Waals surface area contributed by atoms with Gasteiger partial charge in [-0.2, -0.15) is 5.10 Å². The van der Waals surface area contributed by atoms with Crippen LogP contribution in [-0.2, 0) is 4.74 Å². The number of carbonyl (C=O) groups is 1. The van der Waals surface area contributed by atoms with E-state index in [1.165, 1.54) is 0 Å². The Morgan fingerprint density at radius 1 is 1.43 bits per heavy atom. The number of carbonyl (C=O) groups excluding carboxylic acids is 1. The molecule has 1 saturated heterocycles. The molecule has 0 saturated carbocycles. The summed E-state index contributed by atoms with van der Waals surface area (Å²) in [6.07, 6.45) is 2.19. The highest BCUT2D eigenvalue weighted by Crippen LogP contribution is 2.28. The largest absolute Gasteiger partial charge is 0.376 e. The molecule has 6 heteroatoms. The van der Waals surface area contributed by atoms with Crippen LogP contribution in [0.25, 0.3) is 11.3 Å². The van der Waals surface area contributed by atoms with Gasteiger partial charge < -0.3 is 10.1 Å². The van der Waals surface area contributed by atoms with Crippen molar-refractivity contribution in [3.8, 4) is 11.3 Å². The van der Waals surface area contributed by atoms with Crippen LogP contribution in [0.4, 0.5) is 0 Å². The van der Waals surface area contributed by atoms with E-state index in [1.807, 2.05) is 30.3 Å². The van der Waals surface area contributed by atoms with Gasteiger partial charge >= 0.3 is 0 Å². The Morgan fingerprint density at radius 3 is 2.95 bits per heavy atom. The molecule has 0 bridgehead atoms. The Labute approximate surface area is 131 Å². The third-order valence-electron chi connectivity index (χ3n) is 3.50. The van der Waals surface area contributed by atoms with E-state index in [-0.39, 0.29) is 12.0 Å². The maximum absolute atomic E-state index is 12.2. The summed E-state index contributed by atoms with van der Waals surface area (Å²) in [4.78, 5) is 12.2. The second-order valence-corrected chi connectivity index (χ2v) is 5.77. The number of ether oxygens (including phenoxy) is 1. The lowest BCUT2D eigenvalue weighted by atomic mass is 10.1. The average molecular weight is 350 g/mol. The zero-order valence-corrected chi connectivity index (χ0v) is 13.0. The Kier molecular flexibility index (Phi) is 4.36. The van der Waals surface area contributed by atoms with Crippen LogP contribution in [0, 0.1) is 0 Å². The van der Waals surface area contributed by atoms with E-state index < -0.39 is 0 Å². The fourth-order valence-electron chi connectivity index (χ4n) is 2.37. The number of aromatic nitrogens is 2. The zero-order chi connectivity index (χ0) is 14.7. The zero-order valence-electron chi connectivity index (χ0n) is 11.4. The molecule has 0 spiro atoms. The monoisotopic (exact) mass is 349 g/mol. The lowest BCUT2D eigenvalue weighted by molar-refractivity contribution is 0.0853.